The molecule has 2 N–H and O–H groups in total. The molecule has 0 aliphatic heterocycles. The lowest BCUT2D eigenvalue weighted by Gasteiger charge is -2.12. The van der Waals surface area contributed by atoms with Gasteiger partial charge in [0.25, 0.3) is 5.91 Å². The minimum absolute atomic E-state index is 0.161. The van der Waals surface area contributed by atoms with E-state index in [9.17, 15) is 4.79 Å². The van der Waals surface area contributed by atoms with Crippen molar-refractivity contribution in [1.82, 2.24) is 10.3 Å². The Morgan fingerprint density at radius 2 is 1.85 bits per heavy atom. The highest BCUT2D eigenvalue weighted by atomic mass is 16.5. The number of rotatable bonds is 7. The third kappa shape index (κ3) is 4.85. The molecular formula is C22H23N3O2. The quantitative estimate of drug-likeness (QED) is 0.658. The minimum atomic E-state index is -0.161. The molecule has 0 unspecified atom stereocenters. The fourth-order valence-corrected chi connectivity index (χ4v) is 2.77. The molecule has 0 spiro atoms. The second kappa shape index (κ2) is 8.85. The molecule has 5 nitrogen and oxygen atoms in total. The molecule has 0 radical (unpaired) electrons. The number of hydrogen-bond acceptors (Lipinski definition) is 4. The second-order valence-electron chi connectivity index (χ2n) is 6.13. The molecule has 3 aromatic rings. The first-order valence-corrected chi connectivity index (χ1v) is 8.90. The van der Waals surface area contributed by atoms with E-state index in [0.29, 0.717) is 12.1 Å². The van der Waals surface area contributed by atoms with Crippen LogP contribution in [0, 0.1) is 0 Å². The van der Waals surface area contributed by atoms with Gasteiger partial charge in [0.05, 0.1) is 24.6 Å². The Labute approximate surface area is 159 Å². The number of methoxy groups -OCH3 is 1. The summed E-state index contributed by atoms with van der Waals surface area (Å²) in [5, 5.41) is 6.27. The van der Waals surface area contributed by atoms with E-state index in [4.69, 9.17) is 4.74 Å². The van der Waals surface area contributed by atoms with Crippen molar-refractivity contribution in [3.05, 3.63) is 83.7 Å². The van der Waals surface area contributed by atoms with Crippen molar-refractivity contribution in [2.45, 2.75) is 19.9 Å². The van der Waals surface area contributed by atoms with Gasteiger partial charge in [-0.3, -0.25) is 9.78 Å². The van der Waals surface area contributed by atoms with E-state index in [1.165, 1.54) is 5.56 Å². The Hall–Kier alpha value is -3.34. The topological polar surface area (TPSA) is 63.2 Å². The van der Waals surface area contributed by atoms with Crippen molar-refractivity contribution in [2.75, 3.05) is 12.4 Å². The van der Waals surface area contributed by atoms with Crippen LogP contribution in [0.2, 0.25) is 0 Å². The lowest BCUT2D eigenvalue weighted by Crippen LogP contribution is -2.23. The summed E-state index contributed by atoms with van der Waals surface area (Å²) in [6.45, 7) is 2.56. The van der Waals surface area contributed by atoms with Gasteiger partial charge in [-0.05, 0) is 41.8 Å². The van der Waals surface area contributed by atoms with Gasteiger partial charge in [-0.1, -0.05) is 37.3 Å². The molecule has 138 valence electrons. The summed E-state index contributed by atoms with van der Waals surface area (Å²) in [4.78, 5) is 16.7. The number of aryl methyl sites for hydroxylation is 1. The van der Waals surface area contributed by atoms with Gasteiger partial charge in [-0.2, -0.15) is 0 Å². The first kappa shape index (κ1) is 18.5. The Morgan fingerprint density at radius 1 is 1.07 bits per heavy atom. The third-order valence-electron chi connectivity index (χ3n) is 4.29. The standard InChI is InChI=1S/C22H23N3O2/c1-3-17-6-4-5-7-21(17)25-19-12-18(14-23-15-19)22(26)24-13-16-8-10-20(27-2)11-9-16/h4-12,14-15,25H,3,13H2,1-2H3,(H,24,26). The average molecular weight is 361 g/mol. The number of pyridine rings is 1. The van der Waals surface area contributed by atoms with Crippen molar-refractivity contribution in [2.24, 2.45) is 0 Å². The minimum Gasteiger partial charge on any atom is -0.497 e. The third-order valence-corrected chi connectivity index (χ3v) is 4.29. The van der Waals surface area contributed by atoms with Crippen molar-refractivity contribution in [3.63, 3.8) is 0 Å². The van der Waals surface area contributed by atoms with Crippen LogP contribution in [0.25, 0.3) is 0 Å². The lowest BCUT2D eigenvalue weighted by molar-refractivity contribution is 0.0950. The van der Waals surface area contributed by atoms with Gasteiger partial charge in [0.2, 0.25) is 0 Å². The Kier molecular flexibility index (Phi) is 6.05. The average Bonchev–Trinajstić information content (AvgIpc) is 2.73. The monoisotopic (exact) mass is 361 g/mol. The maximum Gasteiger partial charge on any atom is 0.253 e. The fraction of sp³-hybridized carbons (Fsp3) is 0.182. The van der Waals surface area contributed by atoms with E-state index >= 15 is 0 Å². The molecule has 0 saturated carbocycles. The molecule has 1 amide bonds. The number of benzene rings is 2. The SMILES string of the molecule is CCc1ccccc1Nc1cncc(C(=O)NCc2ccc(OC)cc2)c1. The van der Waals surface area contributed by atoms with Gasteiger partial charge in [-0.15, -0.1) is 0 Å². The van der Waals surface area contributed by atoms with Crippen molar-refractivity contribution >= 4 is 17.3 Å². The van der Waals surface area contributed by atoms with E-state index in [-0.39, 0.29) is 5.91 Å². The highest BCUT2D eigenvalue weighted by Gasteiger charge is 2.08. The summed E-state index contributed by atoms with van der Waals surface area (Å²) in [5.74, 6) is 0.631. The number of aromatic nitrogens is 1. The second-order valence-corrected chi connectivity index (χ2v) is 6.13. The molecule has 0 fully saturated rings. The molecule has 0 saturated heterocycles. The summed E-state index contributed by atoms with van der Waals surface area (Å²) in [5.41, 5.74) is 4.54. The number of para-hydroxylation sites is 1. The first-order valence-electron chi connectivity index (χ1n) is 8.90. The predicted molar refractivity (Wildman–Crippen MR) is 108 cm³/mol. The van der Waals surface area contributed by atoms with Crippen LogP contribution in [0.5, 0.6) is 5.75 Å². The van der Waals surface area contributed by atoms with E-state index in [1.807, 2.05) is 48.5 Å². The summed E-state index contributed by atoms with van der Waals surface area (Å²) < 4.78 is 5.14. The van der Waals surface area contributed by atoms with Gasteiger partial charge >= 0.3 is 0 Å². The molecule has 1 heterocycles. The number of hydrogen-bond donors (Lipinski definition) is 2. The van der Waals surface area contributed by atoms with Crippen LogP contribution < -0.4 is 15.4 Å². The molecule has 0 aliphatic rings. The van der Waals surface area contributed by atoms with Crippen LogP contribution in [0.3, 0.4) is 0 Å². The van der Waals surface area contributed by atoms with Crippen LogP contribution in [0.15, 0.2) is 67.0 Å². The summed E-state index contributed by atoms with van der Waals surface area (Å²) >= 11 is 0. The fourth-order valence-electron chi connectivity index (χ4n) is 2.77. The van der Waals surface area contributed by atoms with Gasteiger partial charge in [0.15, 0.2) is 0 Å². The number of nitrogens with one attached hydrogen (secondary N) is 2. The molecule has 0 bridgehead atoms. The maximum absolute atomic E-state index is 12.5. The zero-order valence-corrected chi connectivity index (χ0v) is 15.5. The Morgan fingerprint density at radius 3 is 2.59 bits per heavy atom. The molecule has 3 rings (SSSR count). The summed E-state index contributed by atoms with van der Waals surface area (Å²) in [6.07, 6.45) is 4.21. The van der Waals surface area contributed by atoms with E-state index in [0.717, 1.165) is 29.1 Å². The number of amides is 1. The van der Waals surface area contributed by atoms with Crippen LogP contribution in [-0.2, 0) is 13.0 Å². The molecule has 5 heteroatoms. The molecule has 0 atom stereocenters. The Balaban J connectivity index is 1.66. The summed E-state index contributed by atoms with van der Waals surface area (Å²) in [6, 6.07) is 17.5. The van der Waals surface area contributed by atoms with Crippen LogP contribution >= 0.6 is 0 Å². The largest absolute Gasteiger partial charge is 0.497 e. The van der Waals surface area contributed by atoms with E-state index in [2.05, 4.69) is 28.6 Å². The van der Waals surface area contributed by atoms with Gasteiger partial charge in [0.1, 0.15) is 5.75 Å². The Bertz CT molecular complexity index is 907. The van der Waals surface area contributed by atoms with Gasteiger partial charge in [-0.25, -0.2) is 0 Å². The summed E-state index contributed by atoms with van der Waals surface area (Å²) in [7, 11) is 1.63. The zero-order valence-electron chi connectivity index (χ0n) is 15.5. The number of nitrogens with zero attached hydrogens (tertiary/aromatic N) is 1. The van der Waals surface area contributed by atoms with Gasteiger partial charge < -0.3 is 15.4 Å². The number of carbonyl (C=O) groups is 1. The molecule has 2 aromatic carbocycles. The number of anilines is 2. The van der Waals surface area contributed by atoms with Crippen LogP contribution in [0.4, 0.5) is 11.4 Å². The normalized spacial score (nSPS) is 10.3. The molecule has 27 heavy (non-hydrogen) atoms. The first-order chi connectivity index (χ1) is 13.2. The predicted octanol–water partition coefficient (Wildman–Crippen LogP) is 4.33. The molecule has 1 aromatic heterocycles. The van der Waals surface area contributed by atoms with Crippen LogP contribution in [0.1, 0.15) is 28.4 Å². The van der Waals surface area contributed by atoms with Gasteiger partial charge in [0, 0.05) is 18.4 Å². The number of carbonyl (C=O) groups excluding carboxylic acids is 1. The highest BCUT2D eigenvalue weighted by Crippen LogP contribution is 2.21. The highest BCUT2D eigenvalue weighted by molar-refractivity contribution is 5.94. The number of ether oxygens (including phenoxy) is 1. The lowest BCUT2D eigenvalue weighted by atomic mass is 10.1. The van der Waals surface area contributed by atoms with Crippen molar-refractivity contribution < 1.29 is 9.53 Å². The smallest absolute Gasteiger partial charge is 0.253 e. The zero-order chi connectivity index (χ0) is 19.1. The van der Waals surface area contributed by atoms with E-state index < -0.39 is 0 Å². The van der Waals surface area contributed by atoms with Crippen molar-refractivity contribution in [3.8, 4) is 5.75 Å². The molecule has 0 aliphatic carbocycles. The van der Waals surface area contributed by atoms with E-state index in [1.54, 1.807) is 19.5 Å². The van der Waals surface area contributed by atoms with Crippen molar-refractivity contribution in [1.29, 1.82) is 0 Å². The van der Waals surface area contributed by atoms with Crippen LogP contribution in [-0.4, -0.2) is 18.0 Å². The maximum atomic E-state index is 12.5. The molecular weight excluding hydrogens is 338 g/mol.